The van der Waals surface area contributed by atoms with Crippen LogP contribution in [0.5, 0.6) is 5.75 Å². The average Bonchev–Trinajstić information content (AvgIpc) is 2.50. The zero-order valence-corrected chi connectivity index (χ0v) is 15.5. The van der Waals surface area contributed by atoms with E-state index < -0.39 is 0 Å². The van der Waals surface area contributed by atoms with Crippen molar-refractivity contribution in [2.45, 2.75) is 40.5 Å². The van der Waals surface area contributed by atoms with Crippen LogP contribution in [0.15, 0.2) is 30.3 Å². The molecule has 0 heterocycles. The van der Waals surface area contributed by atoms with Gasteiger partial charge in [0.1, 0.15) is 5.75 Å². The van der Waals surface area contributed by atoms with Gasteiger partial charge in [-0.1, -0.05) is 29.8 Å². The Morgan fingerprint density at radius 2 is 1.79 bits per heavy atom. The predicted octanol–water partition coefficient (Wildman–Crippen LogP) is 5.37. The number of nitrogens with one attached hydrogen (secondary N) is 1. The van der Waals surface area contributed by atoms with Crippen molar-refractivity contribution in [3.05, 3.63) is 57.6 Å². The lowest BCUT2D eigenvalue weighted by molar-refractivity contribution is -0.116. The largest absolute Gasteiger partial charge is 0.493 e. The Balaban J connectivity index is 1.83. The van der Waals surface area contributed by atoms with Crippen LogP contribution in [0.2, 0.25) is 5.02 Å². The lowest BCUT2D eigenvalue weighted by atomic mass is 10.1. The van der Waals surface area contributed by atoms with Crippen molar-refractivity contribution in [2.75, 3.05) is 11.9 Å². The maximum Gasteiger partial charge on any atom is 0.224 e. The van der Waals surface area contributed by atoms with E-state index >= 15 is 0 Å². The number of rotatable bonds is 6. The van der Waals surface area contributed by atoms with Gasteiger partial charge >= 0.3 is 0 Å². The molecule has 0 unspecified atom stereocenters. The normalized spacial score (nSPS) is 10.5. The first kappa shape index (κ1) is 18.3. The second kappa shape index (κ2) is 8.20. The van der Waals surface area contributed by atoms with E-state index in [1.165, 1.54) is 0 Å². The molecule has 24 heavy (non-hydrogen) atoms. The standard InChI is InChI=1S/C20H24ClNO2/c1-13-7-8-15(3)18(12-13)24-9-5-6-19(23)22-20-16(4)10-14(2)11-17(20)21/h7-8,10-12H,5-6,9H2,1-4H3,(H,22,23). The van der Waals surface area contributed by atoms with Crippen molar-refractivity contribution >= 4 is 23.2 Å². The highest BCUT2D eigenvalue weighted by atomic mass is 35.5. The van der Waals surface area contributed by atoms with Gasteiger partial charge in [0.05, 0.1) is 17.3 Å². The molecule has 0 saturated heterocycles. The number of benzene rings is 2. The molecule has 2 aromatic rings. The van der Waals surface area contributed by atoms with E-state index in [9.17, 15) is 4.79 Å². The maximum atomic E-state index is 12.1. The minimum absolute atomic E-state index is 0.0478. The van der Waals surface area contributed by atoms with Crippen LogP contribution in [-0.2, 0) is 4.79 Å². The van der Waals surface area contributed by atoms with Crippen molar-refractivity contribution in [3.63, 3.8) is 0 Å². The molecule has 0 aromatic heterocycles. The van der Waals surface area contributed by atoms with Crippen molar-refractivity contribution in [2.24, 2.45) is 0 Å². The fourth-order valence-electron chi connectivity index (χ4n) is 2.55. The Hall–Kier alpha value is -2.00. The number of hydrogen-bond donors (Lipinski definition) is 1. The van der Waals surface area contributed by atoms with Gasteiger partial charge in [-0.3, -0.25) is 4.79 Å². The number of aryl methyl sites for hydroxylation is 4. The van der Waals surface area contributed by atoms with E-state index in [2.05, 4.69) is 11.4 Å². The summed E-state index contributed by atoms with van der Waals surface area (Å²) in [6.07, 6.45) is 1.05. The lowest BCUT2D eigenvalue weighted by Gasteiger charge is -2.12. The molecule has 2 aromatic carbocycles. The second-order valence-electron chi connectivity index (χ2n) is 6.21. The Kier molecular flexibility index (Phi) is 6.27. The zero-order valence-electron chi connectivity index (χ0n) is 14.7. The van der Waals surface area contributed by atoms with Crippen molar-refractivity contribution < 1.29 is 9.53 Å². The molecule has 1 amide bonds. The van der Waals surface area contributed by atoms with E-state index in [0.717, 1.165) is 28.0 Å². The summed E-state index contributed by atoms with van der Waals surface area (Å²) in [5, 5.41) is 3.47. The molecule has 0 aliphatic carbocycles. The minimum atomic E-state index is -0.0478. The average molecular weight is 346 g/mol. The molecule has 1 N–H and O–H groups in total. The second-order valence-corrected chi connectivity index (χ2v) is 6.61. The molecule has 0 spiro atoms. The maximum absolute atomic E-state index is 12.1. The molecule has 4 heteroatoms. The first-order chi connectivity index (χ1) is 11.4. The number of amides is 1. The fraction of sp³-hybridized carbons (Fsp3) is 0.350. The molecule has 0 aliphatic heterocycles. The fourth-order valence-corrected chi connectivity index (χ4v) is 2.92. The van der Waals surface area contributed by atoms with Crippen LogP contribution in [0.3, 0.4) is 0 Å². The highest BCUT2D eigenvalue weighted by molar-refractivity contribution is 6.34. The number of hydrogen-bond acceptors (Lipinski definition) is 2. The van der Waals surface area contributed by atoms with Gasteiger partial charge in [0.25, 0.3) is 0 Å². The van der Waals surface area contributed by atoms with E-state index in [0.29, 0.717) is 30.2 Å². The van der Waals surface area contributed by atoms with Gasteiger partial charge < -0.3 is 10.1 Å². The summed E-state index contributed by atoms with van der Waals surface area (Å²) in [4.78, 5) is 12.1. The van der Waals surface area contributed by atoms with Crippen LogP contribution < -0.4 is 10.1 Å². The molecule has 0 saturated carbocycles. The number of carbonyl (C=O) groups excluding carboxylic acids is 1. The van der Waals surface area contributed by atoms with Crippen molar-refractivity contribution in [3.8, 4) is 5.75 Å². The Morgan fingerprint density at radius 3 is 2.50 bits per heavy atom. The highest BCUT2D eigenvalue weighted by Crippen LogP contribution is 2.27. The molecule has 3 nitrogen and oxygen atoms in total. The van der Waals surface area contributed by atoms with Crippen LogP contribution in [0.4, 0.5) is 5.69 Å². The Morgan fingerprint density at radius 1 is 1.04 bits per heavy atom. The highest BCUT2D eigenvalue weighted by Gasteiger charge is 2.09. The molecule has 0 radical (unpaired) electrons. The molecule has 0 atom stereocenters. The van der Waals surface area contributed by atoms with Gasteiger partial charge in [-0.05, 0) is 68.5 Å². The number of carbonyl (C=O) groups is 1. The van der Waals surface area contributed by atoms with Crippen LogP contribution in [0.25, 0.3) is 0 Å². The predicted molar refractivity (Wildman–Crippen MR) is 100 cm³/mol. The number of anilines is 1. The van der Waals surface area contributed by atoms with Gasteiger partial charge in [-0.2, -0.15) is 0 Å². The molecule has 0 bridgehead atoms. The third kappa shape index (κ3) is 5.00. The van der Waals surface area contributed by atoms with Crippen LogP contribution in [0, 0.1) is 27.7 Å². The van der Waals surface area contributed by atoms with Crippen LogP contribution in [0.1, 0.15) is 35.1 Å². The van der Waals surface area contributed by atoms with E-state index in [-0.39, 0.29) is 5.91 Å². The van der Waals surface area contributed by atoms with Gasteiger partial charge in [-0.25, -0.2) is 0 Å². The number of halogens is 1. The number of ether oxygens (including phenoxy) is 1. The zero-order chi connectivity index (χ0) is 17.7. The van der Waals surface area contributed by atoms with E-state index in [1.807, 2.05) is 52.0 Å². The van der Waals surface area contributed by atoms with Gasteiger partial charge in [0, 0.05) is 6.42 Å². The molecular weight excluding hydrogens is 322 g/mol. The van der Waals surface area contributed by atoms with Gasteiger partial charge in [0.2, 0.25) is 5.91 Å². The summed E-state index contributed by atoms with van der Waals surface area (Å²) in [6, 6.07) is 9.98. The summed E-state index contributed by atoms with van der Waals surface area (Å²) in [5.74, 6) is 0.834. The lowest BCUT2D eigenvalue weighted by Crippen LogP contribution is -2.14. The summed E-state index contributed by atoms with van der Waals surface area (Å²) >= 11 is 6.21. The molecule has 2 rings (SSSR count). The van der Waals surface area contributed by atoms with E-state index in [4.69, 9.17) is 16.3 Å². The van der Waals surface area contributed by atoms with Crippen LogP contribution >= 0.6 is 11.6 Å². The Bertz CT molecular complexity index is 717. The molecule has 0 fully saturated rings. The first-order valence-corrected chi connectivity index (χ1v) is 8.51. The van der Waals surface area contributed by atoms with Gasteiger partial charge in [0.15, 0.2) is 0 Å². The molecule has 128 valence electrons. The summed E-state index contributed by atoms with van der Waals surface area (Å²) in [6.45, 7) is 8.49. The van der Waals surface area contributed by atoms with Crippen molar-refractivity contribution in [1.29, 1.82) is 0 Å². The summed E-state index contributed by atoms with van der Waals surface area (Å²) in [5.41, 5.74) is 5.02. The summed E-state index contributed by atoms with van der Waals surface area (Å²) in [7, 11) is 0. The quantitative estimate of drug-likeness (QED) is 0.714. The molecular formula is C20H24ClNO2. The first-order valence-electron chi connectivity index (χ1n) is 8.13. The monoisotopic (exact) mass is 345 g/mol. The smallest absolute Gasteiger partial charge is 0.224 e. The Labute approximate surface area is 149 Å². The summed E-state index contributed by atoms with van der Waals surface area (Å²) < 4.78 is 5.78. The third-order valence-corrected chi connectivity index (χ3v) is 4.14. The van der Waals surface area contributed by atoms with Gasteiger partial charge in [-0.15, -0.1) is 0 Å². The third-order valence-electron chi connectivity index (χ3n) is 3.85. The van der Waals surface area contributed by atoms with E-state index in [1.54, 1.807) is 0 Å². The molecule has 0 aliphatic rings. The topological polar surface area (TPSA) is 38.3 Å². The van der Waals surface area contributed by atoms with Crippen LogP contribution in [-0.4, -0.2) is 12.5 Å². The van der Waals surface area contributed by atoms with Crippen molar-refractivity contribution in [1.82, 2.24) is 0 Å². The SMILES string of the molecule is Cc1cc(C)c(NC(=O)CCCOc2cc(C)ccc2C)c(Cl)c1. The minimum Gasteiger partial charge on any atom is -0.493 e.